The Bertz CT molecular complexity index is 594. The molecule has 0 spiro atoms. The van der Waals surface area contributed by atoms with Gasteiger partial charge in [-0.3, -0.25) is 0 Å². The van der Waals surface area contributed by atoms with E-state index >= 15 is 0 Å². The minimum absolute atomic E-state index is 0.132. The summed E-state index contributed by atoms with van der Waals surface area (Å²) in [4.78, 5) is 0. The Morgan fingerprint density at radius 1 is 1.00 bits per heavy atom. The van der Waals surface area contributed by atoms with Crippen LogP contribution < -0.4 is 0 Å². The molecule has 0 aliphatic heterocycles. The molecule has 0 aliphatic carbocycles. The zero-order chi connectivity index (χ0) is 14.9. The number of aliphatic hydroxyl groups is 1. The van der Waals surface area contributed by atoms with Crippen molar-refractivity contribution >= 4 is 15.9 Å². The highest BCUT2D eigenvalue weighted by atomic mass is 79.9. The second-order valence-electron chi connectivity index (χ2n) is 6.25. The summed E-state index contributed by atoms with van der Waals surface area (Å²) in [6.07, 6.45) is -0.599. The van der Waals surface area contributed by atoms with Gasteiger partial charge in [0.1, 0.15) is 6.10 Å². The lowest BCUT2D eigenvalue weighted by Gasteiger charge is -2.20. The van der Waals surface area contributed by atoms with Gasteiger partial charge in [-0.15, -0.1) is 0 Å². The van der Waals surface area contributed by atoms with Gasteiger partial charge in [0.05, 0.1) is 0 Å². The highest BCUT2D eigenvalue weighted by molar-refractivity contribution is 9.10. The van der Waals surface area contributed by atoms with E-state index in [-0.39, 0.29) is 5.41 Å². The van der Waals surface area contributed by atoms with E-state index in [0.29, 0.717) is 0 Å². The molecule has 1 atom stereocenters. The molecule has 0 heterocycles. The SMILES string of the molecule is Cc1cccc(C(O)c2ccc(C(C)(C)C)cc2)c1Br. The van der Waals surface area contributed by atoms with E-state index in [2.05, 4.69) is 48.8 Å². The standard InChI is InChI=1S/C18H21BrO/c1-12-6-5-7-15(16(12)19)17(20)13-8-10-14(11-9-13)18(2,3)4/h5-11,17,20H,1-4H3. The fraction of sp³-hybridized carbons (Fsp3) is 0.333. The van der Waals surface area contributed by atoms with E-state index in [1.807, 2.05) is 37.3 Å². The van der Waals surface area contributed by atoms with Crippen LogP contribution in [0, 0.1) is 6.92 Å². The lowest BCUT2D eigenvalue weighted by molar-refractivity contribution is 0.219. The summed E-state index contributed by atoms with van der Waals surface area (Å²) >= 11 is 3.56. The topological polar surface area (TPSA) is 20.2 Å². The average molecular weight is 333 g/mol. The molecule has 1 unspecified atom stereocenters. The zero-order valence-corrected chi connectivity index (χ0v) is 14.0. The molecular formula is C18H21BrO. The van der Waals surface area contributed by atoms with Gasteiger partial charge in [-0.2, -0.15) is 0 Å². The lowest BCUT2D eigenvalue weighted by Crippen LogP contribution is -2.11. The van der Waals surface area contributed by atoms with E-state index in [1.54, 1.807) is 0 Å². The van der Waals surface area contributed by atoms with Crippen LogP contribution in [0.3, 0.4) is 0 Å². The predicted molar refractivity (Wildman–Crippen MR) is 88.1 cm³/mol. The van der Waals surface area contributed by atoms with Crippen molar-refractivity contribution in [3.05, 3.63) is 69.2 Å². The summed E-state index contributed by atoms with van der Waals surface area (Å²) in [5.41, 5.74) is 4.37. The second kappa shape index (κ2) is 5.71. The molecule has 0 radical (unpaired) electrons. The van der Waals surface area contributed by atoms with E-state index in [0.717, 1.165) is 21.2 Å². The fourth-order valence-corrected chi connectivity index (χ4v) is 2.71. The Labute approximate surface area is 129 Å². The largest absolute Gasteiger partial charge is 0.384 e. The van der Waals surface area contributed by atoms with Crippen LogP contribution in [0.5, 0.6) is 0 Å². The minimum Gasteiger partial charge on any atom is -0.384 e. The van der Waals surface area contributed by atoms with E-state index in [4.69, 9.17) is 0 Å². The highest BCUT2D eigenvalue weighted by Gasteiger charge is 2.17. The maximum absolute atomic E-state index is 10.6. The summed E-state index contributed by atoms with van der Waals surface area (Å²) in [5.74, 6) is 0. The van der Waals surface area contributed by atoms with Crippen molar-refractivity contribution in [2.75, 3.05) is 0 Å². The van der Waals surface area contributed by atoms with Crippen LogP contribution in [0.4, 0.5) is 0 Å². The number of benzene rings is 2. The highest BCUT2D eigenvalue weighted by Crippen LogP contribution is 2.31. The molecule has 0 aliphatic rings. The van der Waals surface area contributed by atoms with E-state index in [9.17, 15) is 5.11 Å². The molecule has 20 heavy (non-hydrogen) atoms. The first-order chi connectivity index (χ1) is 9.30. The summed E-state index contributed by atoms with van der Waals surface area (Å²) in [7, 11) is 0. The predicted octanol–water partition coefficient (Wildman–Crippen LogP) is 5.14. The molecule has 0 saturated carbocycles. The molecule has 1 N–H and O–H groups in total. The number of hydrogen-bond acceptors (Lipinski definition) is 1. The van der Waals surface area contributed by atoms with Gasteiger partial charge >= 0.3 is 0 Å². The third kappa shape index (κ3) is 3.13. The fourth-order valence-electron chi connectivity index (χ4n) is 2.23. The van der Waals surface area contributed by atoms with Gasteiger partial charge in [0.2, 0.25) is 0 Å². The monoisotopic (exact) mass is 332 g/mol. The molecule has 0 saturated heterocycles. The lowest BCUT2D eigenvalue weighted by atomic mass is 9.86. The van der Waals surface area contributed by atoms with Crippen LogP contribution in [0.1, 0.15) is 49.1 Å². The minimum atomic E-state index is -0.599. The van der Waals surface area contributed by atoms with Crippen molar-refractivity contribution in [2.45, 2.75) is 39.2 Å². The third-order valence-electron chi connectivity index (χ3n) is 3.61. The first-order valence-corrected chi connectivity index (χ1v) is 7.63. The van der Waals surface area contributed by atoms with Crippen molar-refractivity contribution in [1.82, 2.24) is 0 Å². The molecule has 2 aromatic rings. The quantitative estimate of drug-likeness (QED) is 0.807. The van der Waals surface area contributed by atoms with E-state index < -0.39 is 6.10 Å². The number of aryl methyl sites for hydroxylation is 1. The second-order valence-corrected chi connectivity index (χ2v) is 7.05. The van der Waals surface area contributed by atoms with Gasteiger partial charge in [0.25, 0.3) is 0 Å². The summed E-state index contributed by atoms with van der Waals surface area (Å²) in [6, 6.07) is 14.2. The Morgan fingerprint density at radius 2 is 1.60 bits per heavy atom. The van der Waals surface area contributed by atoms with Gasteiger partial charge in [0, 0.05) is 4.47 Å². The first kappa shape index (κ1) is 15.3. The Balaban J connectivity index is 2.34. The first-order valence-electron chi connectivity index (χ1n) is 6.84. The van der Waals surface area contributed by atoms with Gasteiger partial charge in [-0.25, -0.2) is 0 Å². The molecule has 1 nitrogen and oxygen atoms in total. The molecule has 0 amide bonds. The van der Waals surface area contributed by atoms with Crippen molar-refractivity contribution < 1.29 is 5.11 Å². The third-order valence-corrected chi connectivity index (χ3v) is 4.69. The van der Waals surface area contributed by atoms with Crippen molar-refractivity contribution in [3.8, 4) is 0 Å². The summed E-state index contributed by atoms with van der Waals surface area (Å²) in [5, 5.41) is 10.6. The normalized spacial score (nSPS) is 13.3. The molecule has 2 aromatic carbocycles. The van der Waals surface area contributed by atoms with Crippen LogP contribution in [0.15, 0.2) is 46.9 Å². The summed E-state index contributed by atoms with van der Waals surface area (Å²) < 4.78 is 0.979. The van der Waals surface area contributed by atoms with Gasteiger partial charge in [-0.1, -0.05) is 79.2 Å². The molecule has 2 rings (SSSR count). The van der Waals surface area contributed by atoms with Crippen molar-refractivity contribution in [2.24, 2.45) is 0 Å². The number of rotatable bonds is 2. The van der Waals surface area contributed by atoms with Crippen LogP contribution in [0.2, 0.25) is 0 Å². The number of aliphatic hydroxyl groups excluding tert-OH is 1. The Hall–Kier alpha value is -1.12. The zero-order valence-electron chi connectivity index (χ0n) is 12.4. The molecule has 2 heteroatoms. The molecule has 0 aromatic heterocycles. The van der Waals surface area contributed by atoms with Crippen molar-refractivity contribution in [3.63, 3.8) is 0 Å². The Kier molecular flexibility index (Phi) is 4.36. The molecule has 0 bridgehead atoms. The smallest absolute Gasteiger partial charge is 0.105 e. The molecule has 0 fully saturated rings. The van der Waals surface area contributed by atoms with Crippen LogP contribution in [-0.2, 0) is 5.41 Å². The average Bonchev–Trinajstić information content (AvgIpc) is 2.40. The van der Waals surface area contributed by atoms with E-state index in [1.165, 1.54) is 5.56 Å². The van der Waals surface area contributed by atoms with Gasteiger partial charge < -0.3 is 5.11 Å². The molecular weight excluding hydrogens is 312 g/mol. The van der Waals surface area contributed by atoms with Gasteiger partial charge in [0.15, 0.2) is 0 Å². The van der Waals surface area contributed by atoms with Crippen molar-refractivity contribution in [1.29, 1.82) is 0 Å². The number of hydrogen-bond donors (Lipinski definition) is 1. The van der Waals surface area contributed by atoms with Crippen LogP contribution in [-0.4, -0.2) is 5.11 Å². The van der Waals surface area contributed by atoms with Crippen LogP contribution in [0.25, 0.3) is 0 Å². The van der Waals surface area contributed by atoms with Gasteiger partial charge in [-0.05, 0) is 34.6 Å². The summed E-state index contributed by atoms with van der Waals surface area (Å²) in [6.45, 7) is 8.60. The maximum Gasteiger partial charge on any atom is 0.105 e. The number of halogens is 1. The molecule has 106 valence electrons. The van der Waals surface area contributed by atoms with Crippen LogP contribution >= 0.6 is 15.9 Å². The Morgan fingerprint density at radius 3 is 2.15 bits per heavy atom. The maximum atomic E-state index is 10.6.